The maximum absolute atomic E-state index is 13.6. The van der Waals surface area contributed by atoms with Gasteiger partial charge in [0.25, 0.3) is 0 Å². The van der Waals surface area contributed by atoms with Gasteiger partial charge in [-0.3, -0.25) is 9.59 Å². The lowest BCUT2D eigenvalue weighted by atomic mass is 9.49. The Balaban J connectivity index is 1.83. The summed E-state index contributed by atoms with van der Waals surface area (Å²) in [5.41, 5.74) is -4.78. The number of ether oxygens (including phenoxy) is 4. The molecule has 0 aromatic carbocycles. The lowest BCUT2D eigenvalue weighted by Gasteiger charge is -2.59. The molecule has 2 aliphatic heterocycles. The second-order valence-electron chi connectivity index (χ2n) is 15.8. The Hall–Kier alpha value is -3.34. The molecule has 1 aromatic heterocycles. The Morgan fingerprint density at radius 1 is 0.863 bits per heavy atom. The zero-order valence-electron chi connectivity index (χ0n) is 29.8. The molecule has 3 fully saturated rings. The number of esters is 4. The summed E-state index contributed by atoms with van der Waals surface area (Å²) >= 11 is 0. The largest absolute Gasteiger partial charge is 0.472 e. The summed E-state index contributed by atoms with van der Waals surface area (Å²) in [6, 6.07) is 1.54. The Morgan fingerprint density at radius 3 is 2.02 bits per heavy atom. The van der Waals surface area contributed by atoms with Crippen LogP contribution in [0.2, 0.25) is 0 Å². The number of carbonyl (C=O) groups is 4. The summed E-state index contributed by atoms with van der Waals surface area (Å²) in [5.74, 6) is -8.74. The minimum atomic E-state index is -1.85. The van der Waals surface area contributed by atoms with Gasteiger partial charge in [-0.1, -0.05) is 41.5 Å². The number of carbonyl (C=O) groups excluding carboxylic acids is 4. The standard InChI is InChI=1S/C36H50O15/c1-15(2)26(39)32(44)50-20-11-22(38)48-13-18-24-29(42)28(41)23(17-8-9-47-12-17)36(24,7)31(51-33(45)27(40)16(3)4)30(43)25(18)35(20,6)19-10-21(37)49-14-34(19,5)46/h8-9,12,15-16,19-20,23,25-31,39-43,46H,10-11,13-14H2,1-7H3/t19-,20+,23+,25+,26-,27+,28+,29-,30+,31-,34+,35+,36-/m0/s1. The van der Waals surface area contributed by atoms with Gasteiger partial charge >= 0.3 is 23.9 Å². The van der Waals surface area contributed by atoms with E-state index >= 15 is 0 Å². The first-order chi connectivity index (χ1) is 23.7. The summed E-state index contributed by atoms with van der Waals surface area (Å²) in [6.45, 7) is 9.74. The summed E-state index contributed by atoms with van der Waals surface area (Å²) < 4.78 is 28.1. The minimum Gasteiger partial charge on any atom is -0.472 e. The molecule has 15 nitrogen and oxygen atoms in total. The lowest BCUT2D eigenvalue weighted by Crippen LogP contribution is -2.66. The number of fused-ring (bicyclic) bond motifs is 2. The van der Waals surface area contributed by atoms with Crippen LogP contribution in [0.25, 0.3) is 0 Å². The summed E-state index contributed by atoms with van der Waals surface area (Å²) in [6.07, 6.45) is -10.0. The van der Waals surface area contributed by atoms with Crippen molar-refractivity contribution in [3.05, 3.63) is 35.3 Å². The van der Waals surface area contributed by atoms with Crippen molar-refractivity contribution < 1.29 is 73.2 Å². The molecule has 6 N–H and O–H groups in total. The second kappa shape index (κ2) is 13.9. The molecule has 3 heterocycles. The Bertz CT molecular complexity index is 1530. The van der Waals surface area contributed by atoms with Crippen molar-refractivity contribution in [2.24, 2.45) is 34.5 Å². The molecule has 13 atom stereocenters. The number of aliphatic hydroxyl groups is 6. The zero-order valence-corrected chi connectivity index (χ0v) is 29.8. The summed E-state index contributed by atoms with van der Waals surface area (Å²) in [4.78, 5) is 53.4. The van der Waals surface area contributed by atoms with Crippen LogP contribution in [0.1, 0.15) is 72.8 Å². The number of hydrogen-bond donors (Lipinski definition) is 6. The van der Waals surface area contributed by atoms with E-state index in [1.807, 2.05) is 0 Å². The van der Waals surface area contributed by atoms with Gasteiger partial charge in [0.1, 0.15) is 31.5 Å². The highest BCUT2D eigenvalue weighted by atomic mass is 16.6. The number of cyclic esters (lactones) is 2. The third-order valence-corrected chi connectivity index (χ3v) is 11.8. The van der Waals surface area contributed by atoms with Crippen molar-refractivity contribution >= 4 is 23.9 Å². The van der Waals surface area contributed by atoms with E-state index in [2.05, 4.69) is 0 Å². The van der Waals surface area contributed by atoms with Gasteiger partial charge in [-0.05, 0) is 41.5 Å². The van der Waals surface area contributed by atoms with E-state index in [1.54, 1.807) is 40.7 Å². The van der Waals surface area contributed by atoms with Crippen LogP contribution in [0.4, 0.5) is 0 Å². The molecule has 284 valence electrons. The molecule has 0 unspecified atom stereocenters. The van der Waals surface area contributed by atoms with E-state index in [4.69, 9.17) is 23.4 Å². The van der Waals surface area contributed by atoms with Crippen LogP contribution < -0.4 is 0 Å². The molecule has 4 aliphatic rings. The van der Waals surface area contributed by atoms with Crippen molar-refractivity contribution in [3.63, 3.8) is 0 Å². The number of hydrogen-bond acceptors (Lipinski definition) is 15. The first-order valence-corrected chi connectivity index (χ1v) is 17.3. The fourth-order valence-corrected chi connectivity index (χ4v) is 9.07. The fraction of sp³-hybridized carbons (Fsp3) is 0.722. The van der Waals surface area contributed by atoms with Crippen molar-refractivity contribution in [2.75, 3.05) is 13.2 Å². The molecule has 2 aliphatic carbocycles. The second-order valence-corrected chi connectivity index (χ2v) is 15.8. The van der Waals surface area contributed by atoms with Gasteiger partial charge < -0.3 is 54.0 Å². The van der Waals surface area contributed by atoms with Crippen molar-refractivity contribution in [1.29, 1.82) is 0 Å². The molecule has 0 amide bonds. The molecule has 51 heavy (non-hydrogen) atoms. The molecular formula is C36H50O15. The minimum absolute atomic E-state index is 0.0552. The topological polar surface area (TPSA) is 240 Å². The number of aliphatic hydroxyl groups excluding tert-OH is 5. The predicted molar refractivity (Wildman–Crippen MR) is 173 cm³/mol. The van der Waals surface area contributed by atoms with Crippen LogP contribution in [0.15, 0.2) is 34.2 Å². The van der Waals surface area contributed by atoms with E-state index in [0.717, 1.165) is 0 Å². The van der Waals surface area contributed by atoms with Crippen molar-refractivity contribution in [2.45, 2.75) is 116 Å². The SMILES string of the molecule is CC(C)[C@H](O)C(=O)O[C@@H]1CC(=O)OCC2=C3[C@H](O)[C@H](O)[C@@H](c4ccoc4)[C@]3(C)[C@@H](OC(=O)[C@H](O)C(C)C)[C@H](O)[C@@H]2[C@]1(C)[C@H]1CC(=O)OC[C@@]1(C)O. The summed E-state index contributed by atoms with van der Waals surface area (Å²) in [5, 5.41) is 69.7. The van der Waals surface area contributed by atoms with Gasteiger partial charge in [0.2, 0.25) is 0 Å². The number of rotatable bonds is 8. The number of furan rings is 1. The van der Waals surface area contributed by atoms with Crippen molar-refractivity contribution in [1.82, 2.24) is 0 Å². The van der Waals surface area contributed by atoms with Gasteiger partial charge in [0.15, 0.2) is 12.2 Å². The molecule has 0 spiro atoms. The average Bonchev–Trinajstić information content (AvgIpc) is 3.64. The first-order valence-electron chi connectivity index (χ1n) is 17.3. The van der Waals surface area contributed by atoms with Gasteiger partial charge in [0, 0.05) is 28.6 Å². The molecule has 15 heteroatoms. The molecule has 1 saturated carbocycles. The molecule has 5 rings (SSSR count). The van der Waals surface area contributed by atoms with Crippen LogP contribution in [-0.2, 0) is 38.1 Å². The third kappa shape index (κ3) is 6.39. The van der Waals surface area contributed by atoms with Gasteiger partial charge in [-0.15, -0.1) is 0 Å². The lowest BCUT2D eigenvalue weighted by molar-refractivity contribution is -0.228. The van der Waals surface area contributed by atoms with Crippen LogP contribution in [-0.4, -0.2) is 116 Å². The Kier molecular flexibility index (Phi) is 10.6. The molecule has 0 bridgehead atoms. The highest BCUT2D eigenvalue weighted by Crippen LogP contribution is 2.65. The van der Waals surface area contributed by atoms with Crippen LogP contribution in [0, 0.1) is 34.5 Å². The Morgan fingerprint density at radius 2 is 1.45 bits per heavy atom. The highest BCUT2D eigenvalue weighted by molar-refractivity contribution is 5.77. The van der Waals surface area contributed by atoms with Crippen molar-refractivity contribution in [3.8, 4) is 0 Å². The quantitative estimate of drug-likeness (QED) is 0.122. The molecule has 0 radical (unpaired) electrons. The normalized spacial score (nSPS) is 39.7. The van der Waals surface area contributed by atoms with E-state index in [0.29, 0.717) is 5.56 Å². The average molecular weight is 723 g/mol. The van der Waals surface area contributed by atoms with Crippen LogP contribution in [0.3, 0.4) is 0 Å². The van der Waals surface area contributed by atoms with Gasteiger partial charge in [-0.25, -0.2) is 9.59 Å². The van der Waals surface area contributed by atoms with E-state index < -0.39 is 139 Å². The third-order valence-electron chi connectivity index (χ3n) is 11.8. The Labute approximate surface area is 295 Å². The summed E-state index contributed by atoms with van der Waals surface area (Å²) in [7, 11) is 0. The monoisotopic (exact) mass is 722 g/mol. The van der Waals surface area contributed by atoms with E-state index in [1.165, 1.54) is 26.4 Å². The van der Waals surface area contributed by atoms with Crippen LogP contribution >= 0.6 is 0 Å². The van der Waals surface area contributed by atoms with Gasteiger partial charge in [0.05, 0.1) is 43.2 Å². The molecule has 2 saturated heterocycles. The zero-order chi connectivity index (χ0) is 38.0. The fourth-order valence-electron chi connectivity index (χ4n) is 9.07. The van der Waals surface area contributed by atoms with Crippen LogP contribution in [0.5, 0.6) is 0 Å². The maximum Gasteiger partial charge on any atom is 0.335 e. The molecule has 1 aromatic rings. The predicted octanol–water partition coefficient (Wildman–Crippen LogP) is 0.517. The smallest absolute Gasteiger partial charge is 0.335 e. The highest BCUT2D eigenvalue weighted by Gasteiger charge is 2.70. The van der Waals surface area contributed by atoms with E-state index in [9.17, 15) is 49.8 Å². The van der Waals surface area contributed by atoms with E-state index in [-0.39, 0.29) is 11.1 Å². The molecular weight excluding hydrogens is 672 g/mol. The van der Waals surface area contributed by atoms with Gasteiger partial charge in [-0.2, -0.15) is 0 Å². The maximum atomic E-state index is 13.6. The first kappa shape index (κ1) is 38.9.